The van der Waals surface area contributed by atoms with Crippen molar-refractivity contribution in [2.24, 2.45) is 5.92 Å². The molecule has 2 N–H and O–H groups in total. The van der Waals surface area contributed by atoms with E-state index < -0.39 is 0 Å². The van der Waals surface area contributed by atoms with Gasteiger partial charge in [-0.2, -0.15) is 0 Å². The third kappa shape index (κ3) is 6.21. The lowest BCUT2D eigenvalue weighted by Gasteiger charge is -2.22. The molecule has 0 aromatic carbocycles. The van der Waals surface area contributed by atoms with Crippen LogP contribution in [-0.2, 0) is 4.74 Å². The van der Waals surface area contributed by atoms with Crippen LogP contribution in [0.1, 0.15) is 26.7 Å². The van der Waals surface area contributed by atoms with Gasteiger partial charge >= 0.3 is 6.03 Å². The summed E-state index contributed by atoms with van der Waals surface area (Å²) in [6, 6.07) is -0.0475. The van der Waals surface area contributed by atoms with E-state index in [-0.39, 0.29) is 6.03 Å². The van der Waals surface area contributed by atoms with Crippen LogP contribution < -0.4 is 10.6 Å². The van der Waals surface area contributed by atoms with Gasteiger partial charge in [0.1, 0.15) is 0 Å². The Morgan fingerprint density at radius 2 is 1.89 bits per heavy atom. The van der Waals surface area contributed by atoms with Crippen molar-refractivity contribution in [1.82, 2.24) is 15.5 Å². The van der Waals surface area contributed by atoms with Gasteiger partial charge in [0.15, 0.2) is 0 Å². The molecule has 0 radical (unpaired) electrons. The van der Waals surface area contributed by atoms with Crippen molar-refractivity contribution in [3.63, 3.8) is 0 Å². The molecule has 1 heterocycles. The topological polar surface area (TPSA) is 53.6 Å². The number of likely N-dealkylation sites (N-methyl/N-ethyl adjacent to an activating group) is 1. The summed E-state index contributed by atoms with van der Waals surface area (Å²) in [5.41, 5.74) is 0. The van der Waals surface area contributed by atoms with Gasteiger partial charge in [-0.05, 0) is 31.8 Å². The van der Waals surface area contributed by atoms with Gasteiger partial charge in [0.2, 0.25) is 0 Å². The van der Waals surface area contributed by atoms with Gasteiger partial charge in [0, 0.05) is 32.8 Å². The summed E-state index contributed by atoms with van der Waals surface area (Å²) in [7, 11) is 0. The van der Waals surface area contributed by atoms with Crippen molar-refractivity contribution in [2.45, 2.75) is 26.7 Å². The van der Waals surface area contributed by atoms with E-state index in [1.54, 1.807) is 0 Å². The normalized spacial score (nSPS) is 16.8. The lowest BCUT2D eigenvalue weighted by molar-refractivity contribution is 0.0669. The van der Waals surface area contributed by atoms with Crippen LogP contribution in [0, 0.1) is 5.92 Å². The molecule has 0 saturated carbocycles. The molecule has 0 aromatic heterocycles. The standard InChI is InChI=1S/C13H27N3O2/c1-3-16(4-2)8-7-14-13(17)15-11-12-5-9-18-10-6-12/h12H,3-11H2,1-2H3,(H2,14,15,17). The quantitative estimate of drug-likeness (QED) is 0.717. The van der Waals surface area contributed by atoms with E-state index in [9.17, 15) is 4.79 Å². The second-order valence-corrected chi connectivity index (χ2v) is 4.72. The van der Waals surface area contributed by atoms with Gasteiger partial charge in [0.25, 0.3) is 0 Å². The fourth-order valence-corrected chi connectivity index (χ4v) is 2.12. The van der Waals surface area contributed by atoms with Gasteiger partial charge < -0.3 is 20.3 Å². The fraction of sp³-hybridized carbons (Fsp3) is 0.923. The van der Waals surface area contributed by atoms with E-state index in [4.69, 9.17) is 4.74 Å². The minimum atomic E-state index is -0.0475. The average molecular weight is 257 g/mol. The largest absolute Gasteiger partial charge is 0.381 e. The summed E-state index contributed by atoms with van der Waals surface area (Å²) >= 11 is 0. The van der Waals surface area contributed by atoms with Gasteiger partial charge in [-0.1, -0.05) is 13.8 Å². The van der Waals surface area contributed by atoms with Gasteiger partial charge in [-0.3, -0.25) is 0 Å². The maximum Gasteiger partial charge on any atom is 0.314 e. The van der Waals surface area contributed by atoms with Crippen molar-refractivity contribution in [3.05, 3.63) is 0 Å². The molecule has 0 atom stereocenters. The molecule has 0 aromatic rings. The Labute approximate surface area is 110 Å². The number of nitrogens with one attached hydrogen (secondary N) is 2. The molecule has 0 bridgehead atoms. The highest BCUT2D eigenvalue weighted by Gasteiger charge is 2.14. The highest BCUT2D eigenvalue weighted by Crippen LogP contribution is 2.12. The summed E-state index contributed by atoms with van der Waals surface area (Å²) in [5, 5.41) is 5.84. The van der Waals surface area contributed by atoms with Gasteiger partial charge in [-0.25, -0.2) is 4.79 Å². The lowest BCUT2D eigenvalue weighted by atomic mass is 10.0. The molecule has 1 aliphatic rings. The molecule has 1 fully saturated rings. The SMILES string of the molecule is CCN(CC)CCNC(=O)NCC1CCOCC1. The maximum absolute atomic E-state index is 11.6. The molecular formula is C13H27N3O2. The Bertz CT molecular complexity index is 226. The van der Waals surface area contributed by atoms with Gasteiger partial charge in [-0.15, -0.1) is 0 Å². The van der Waals surface area contributed by atoms with E-state index in [2.05, 4.69) is 29.4 Å². The molecule has 0 aliphatic carbocycles. The van der Waals surface area contributed by atoms with Crippen LogP contribution in [-0.4, -0.2) is 56.9 Å². The second-order valence-electron chi connectivity index (χ2n) is 4.72. The van der Waals surface area contributed by atoms with E-state index in [1.807, 2.05) is 0 Å². The molecule has 0 spiro atoms. The zero-order valence-corrected chi connectivity index (χ0v) is 11.7. The minimum Gasteiger partial charge on any atom is -0.381 e. The first kappa shape index (κ1) is 15.2. The fourth-order valence-electron chi connectivity index (χ4n) is 2.12. The Hall–Kier alpha value is -0.810. The van der Waals surface area contributed by atoms with Crippen LogP contribution in [0.15, 0.2) is 0 Å². The Morgan fingerprint density at radius 1 is 1.22 bits per heavy atom. The average Bonchev–Trinajstić information content (AvgIpc) is 2.42. The molecule has 5 heteroatoms. The Balaban J connectivity index is 2.02. The molecule has 106 valence electrons. The van der Waals surface area contributed by atoms with Crippen molar-refractivity contribution in [3.8, 4) is 0 Å². The van der Waals surface area contributed by atoms with Crippen LogP contribution in [0.5, 0.6) is 0 Å². The predicted molar refractivity (Wildman–Crippen MR) is 72.7 cm³/mol. The second kappa shape index (κ2) is 9.16. The van der Waals surface area contributed by atoms with Crippen LogP contribution in [0.25, 0.3) is 0 Å². The maximum atomic E-state index is 11.6. The zero-order chi connectivity index (χ0) is 13.2. The van der Waals surface area contributed by atoms with Crippen LogP contribution in [0.2, 0.25) is 0 Å². The highest BCUT2D eigenvalue weighted by molar-refractivity contribution is 5.73. The van der Waals surface area contributed by atoms with E-state index >= 15 is 0 Å². The van der Waals surface area contributed by atoms with E-state index in [0.29, 0.717) is 12.5 Å². The lowest BCUT2D eigenvalue weighted by Crippen LogP contribution is -2.42. The van der Waals surface area contributed by atoms with Crippen molar-refractivity contribution in [2.75, 3.05) is 45.9 Å². The predicted octanol–water partition coefficient (Wildman–Crippen LogP) is 1.05. The third-order valence-electron chi connectivity index (χ3n) is 3.50. The highest BCUT2D eigenvalue weighted by atomic mass is 16.5. The number of carbonyl (C=O) groups excluding carboxylic acids is 1. The zero-order valence-electron chi connectivity index (χ0n) is 11.7. The summed E-state index contributed by atoms with van der Waals surface area (Å²) in [6.07, 6.45) is 2.11. The summed E-state index contributed by atoms with van der Waals surface area (Å²) < 4.78 is 5.29. The van der Waals surface area contributed by atoms with Crippen molar-refractivity contribution >= 4 is 6.03 Å². The third-order valence-corrected chi connectivity index (χ3v) is 3.50. The molecule has 1 rings (SSSR count). The van der Waals surface area contributed by atoms with Crippen LogP contribution >= 0.6 is 0 Å². The first-order valence-corrected chi connectivity index (χ1v) is 7.08. The first-order valence-electron chi connectivity index (χ1n) is 7.08. The summed E-state index contributed by atoms with van der Waals surface area (Å²) in [5.74, 6) is 0.576. The number of ether oxygens (including phenoxy) is 1. The smallest absolute Gasteiger partial charge is 0.314 e. The monoisotopic (exact) mass is 257 g/mol. The van der Waals surface area contributed by atoms with Gasteiger partial charge in [0.05, 0.1) is 0 Å². The first-order chi connectivity index (χ1) is 8.76. The number of hydrogen-bond donors (Lipinski definition) is 2. The van der Waals surface area contributed by atoms with Crippen LogP contribution in [0.4, 0.5) is 4.79 Å². The molecule has 2 amide bonds. The molecule has 0 unspecified atom stereocenters. The van der Waals surface area contributed by atoms with Crippen LogP contribution in [0.3, 0.4) is 0 Å². The molecule has 1 aliphatic heterocycles. The molecular weight excluding hydrogens is 230 g/mol. The molecule has 18 heavy (non-hydrogen) atoms. The minimum absolute atomic E-state index is 0.0475. The number of hydrogen-bond acceptors (Lipinski definition) is 3. The van der Waals surface area contributed by atoms with Crippen molar-refractivity contribution in [1.29, 1.82) is 0 Å². The van der Waals surface area contributed by atoms with E-state index in [1.165, 1.54) is 0 Å². The molecule has 1 saturated heterocycles. The molecule has 5 nitrogen and oxygen atoms in total. The number of amides is 2. The number of carbonyl (C=O) groups is 1. The van der Waals surface area contributed by atoms with E-state index in [0.717, 1.165) is 52.2 Å². The Kier molecular flexibility index (Phi) is 7.76. The number of rotatable bonds is 7. The number of nitrogens with zero attached hydrogens (tertiary/aromatic N) is 1. The summed E-state index contributed by atoms with van der Waals surface area (Å²) in [6.45, 7) is 10.4. The Morgan fingerprint density at radius 3 is 2.50 bits per heavy atom. The van der Waals surface area contributed by atoms with Crippen molar-refractivity contribution < 1.29 is 9.53 Å². The number of urea groups is 1. The summed E-state index contributed by atoms with van der Waals surface area (Å²) in [4.78, 5) is 13.9.